The van der Waals surface area contributed by atoms with Crippen molar-refractivity contribution in [3.05, 3.63) is 0 Å². The van der Waals surface area contributed by atoms with E-state index < -0.39 is 0 Å². The van der Waals surface area contributed by atoms with Gasteiger partial charge in [0, 0.05) is 25.0 Å². The van der Waals surface area contributed by atoms with Gasteiger partial charge in [0.1, 0.15) is 6.29 Å². The molecule has 1 heterocycles. The molecule has 2 aliphatic rings. The van der Waals surface area contributed by atoms with E-state index in [1.54, 1.807) is 0 Å². The van der Waals surface area contributed by atoms with Gasteiger partial charge in [-0.05, 0) is 33.6 Å². The maximum atomic E-state index is 11.7. The molecule has 2 rings (SSSR count). The van der Waals surface area contributed by atoms with Gasteiger partial charge in [-0.2, -0.15) is 0 Å². The molecule has 0 spiro atoms. The summed E-state index contributed by atoms with van der Waals surface area (Å²) >= 11 is 0. The van der Waals surface area contributed by atoms with Gasteiger partial charge in [0.05, 0.1) is 11.7 Å². The predicted octanol–water partition coefficient (Wildman–Crippen LogP) is 3.03. The van der Waals surface area contributed by atoms with Gasteiger partial charge >= 0.3 is 0 Å². The molecule has 1 aliphatic heterocycles. The average Bonchev–Trinajstić information content (AvgIpc) is 2.52. The first-order valence-corrected chi connectivity index (χ1v) is 7.81. The highest BCUT2D eigenvalue weighted by atomic mass is 16.5. The second kappa shape index (κ2) is 5.92. The lowest BCUT2D eigenvalue weighted by molar-refractivity contribution is -0.140. The number of aldehydes is 1. The Hall–Kier alpha value is -0.410. The summed E-state index contributed by atoms with van der Waals surface area (Å²) in [6.45, 7) is 9.25. The standard InChI is InChI=1S/C16H29NO2/c1-14-10-17(11-15(2,3)19-14)12-16(13-18)8-6-4-5-7-9-16/h13-14H,4-12H2,1-3H3. The van der Waals surface area contributed by atoms with E-state index in [2.05, 4.69) is 25.7 Å². The van der Waals surface area contributed by atoms with Gasteiger partial charge in [-0.15, -0.1) is 0 Å². The Bertz CT molecular complexity index is 306. The largest absolute Gasteiger partial charge is 0.370 e. The molecule has 1 saturated carbocycles. The van der Waals surface area contributed by atoms with Gasteiger partial charge in [0.2, 0.25) is 0 Å². The number of ether oxygens (including phenoxy) is 1. The summed E-state index contributed by atoms with van der Waals surface area (Å²) in [5.41, 5.74) is -0.184. The highest BCUT2D eigenvalue weighted by Crippen LogP contribution is 2.35. The lowest BCUT2D eigenvalue weighted by Gasteiger charge is -2.44. The van der Waals surface area contributed by atoms with E-state index in [0.29, 0.717) is 0 Å². The number of nitrogens with zero attached hydrogens (tertiary/aromatic N) is 1. The van der Waals surface area contributed by atoms with E-state index in [0.717, 1.165) is 32.5 Å². The summed E-state index contributed by atoms with van der Waals surface area (Å²) in [5.74, 6) is 0. The highest BCUT2D eigenvalue weighted by molar-refractivity contribution is 5.59. The Kier molecular flexibility index (Phi) is 4.67. The molecule has 0 aromatic rings. The molecule has 110 valence electrons. The average molecular weight is 267 g/mol. The zero-order chi connectivity index (χ0) is 13.9. The first kappa shape index (κ1) is 15.0. The van der Waals surface area contributed by atoms with E-state index >= 15 is 0 Å². The molecule has 0 aromatic carbocycles. The molecule has 0 aromatic heterocycles. The maximum Gasteiger partial charge on any atom is 0.127 e. The second-order valence-electron chi connectivity index (χ2n) is 7.25. The molecule has 19 heavy (non-hydrogen) atoms. The van der Waals surface area contributed by atoms with Gasteiger partial charge in [-0.3, -0.25) is 4.90 Å². The van der Waals surface area contributed by atoms with Crippen LogP contribution in [0.5, 0.6) is 0 Å². The predicted molar refractivity (Wildman–Crippen MR) is 77.3 cm³/mol. The summed E-state index contributed by atoms with van der Waals surface area (Å²) < 4.78 is 5.95. The summed E-state index contributed by atoms with van der Waals surface area (Å²) in [4.78, 5) is 14.1. The van der Waals surface area contributed by atoms with E-state index in [1.807, 2.05) is 0 Å². The zero-order valence-corrected chi connectivity index (χ0v) is 12.8. The fourth-order valence-electron chi connectivity index (χ4n) is 3.90. The fraction of sp³-hybridized carbons (Fsp3) is 0.938. The van der Waals surface area contributed by atoms with Crippen molar-refractivity contribution in [1.29, 1.82) is 0 Å². The van der Waals surface area contributed by atoms with E-state index in [-0.39, 0.29) is 17.1 Å². The lowest BCUT2D eigenvalue weighted by atomic mass is 9.81. The Labute approximate surface area is 117 Å². The number of rotatable bonds is 3. The van der Waals surface area contributed by atoms with Gasteiger partial charge < -0.3 is 9.53 Å². The molecule has 3 nitrogen and oxygen atoms in total. The van der Waals surface area contributed by atoms with E-state index in [9.17, 15) is 4.79 Å². The molecule has 0 amide bonds. The summed E-state index contributed by atoms with van der Waals surface area (Å²) in [6.07, 6.45) is 8.67. The molecule has 0 bridgehead atoms. The molecule has 1 saturated heterocycles. The second-order valence-corrected chi connectivity index (χ2v) is 7.25. The lowest BCUT2D eigenvalue weighted by Crippen LogP contribution is -2.54. The van der Waals surface area contributed by atoms with Crippen LogP contribution in [-0.4, -0.2) is 42.5 Å². The van der Waals surface area contributed by atoms with E-state index in [4.69, 9.17) is 4.74 Å². The molecular weight excluding hydrogens is 238 g/mol. The molecule has 1 unspecified atom stereocenters. The molecule has 1 aliphatic carbocycles. The van der Waals surface area contributed by atoms with Crippen molar-refractivity contribution in [3.63, 3.8) is 0 Å². The molecule has 1 atom stereocenters. The van der Waals surface area contributed by atoms with Crippen LogP contribution in [0.15, 0.2) is 0 Å². The normalized spacial score (nSPS) is 31.6. The van der Waals surface area contributed by atoms with Crippen LogP contribution in [0.2, 0.25) is 0 Å². The third-order valence-corrected chi connectivity index (χ3v) is 4.53. The zero-order valence-electron chi connectivity index (χ0n) is 12.8. The van der Waals surface area contributed by atoms with Gasteiger partial charge in [0.25, 0.3) is 0 Å². The fourth-order valence-corrected chi connectivity index (χ4v) is 3.90. The van der Waals surface area contributed by atoms with Crippen LogP contribution >= 0.6 is 0 Å². The maximum absolute atomic E-state index is 11.7. The molecule has 3 heteroatoms. The third kappa shape index (κ3) is 4.03. The highest BCUT2D eigenvalue weighted by Gasteiger charge is 2.37. The summed E-state index contributed by atoms with van der Waals surface area (Å²) in [7, 11) is 0. The number of carbonyl (C=O) groups excluding carboxylic acids is 1. The molecule has 0 N–H and O–H groups in total. The van der Waals surface area contributed by atoms with Crippen LogP contribution < -0.4 is 0 Å². The quantitative estimate of drug-likeness (QED) is 0.581. The Morgan fingerprint density at radius 1 is 1.21 bits per heavy atom. The summed E-state index contributed by atoms with van der Waals surface area (Å²) in [5, 5.41) is 0. The first-order valence-electron chi connectivity index (χ1n) is 7.81. The SMILES string of the molecule is CC1CN(CC2(C=O)CCCCCC2)CC(C)(C)O1. The monoisotopic (exact) mass is 267 g/mol. The Morgan fingerprint density at radius 3 is 2.37 bits per heavy atom. The van der Waals surface area contributed by atoms with Crippen LogP contribution in [0.1, 0.15) is 59.3 Å². The number of morpholine rings is 1. The Balaban J connectivity index is 2.02. The molecular formula is C16H29NO2. The Morgan fingerprint density at radius 2 is 1.84 bits per heavy atom. The topological polar surface area (TPSA) is 29.5 Å². The number of hydrogen-bond donors (Lipinski definition) is 0. The van der Waals surface area contributed by atoms with E-state index in [1.165, 1.54) is 32.0 Å². The third-order valence-electron chi connectivity index (χ3n) is 4.53. The van der Waals surface area contributed by atoms with Gasteiger partial charge in [0.15, 0.2) is 0 Å². The molecule has 2 fully saturated rings. The van der Waals surface area contributed by atoms with Crippen LogP contribution in [0.4, 0.5) is 0 Å². The van der Waals surface area contributed by atoms with Crippen LogP contribution in [0, 0.1) is 5.41 Å². The minimum absolute atomic E-state index is 0.0908. The van der Waals surface area contributed by atoms with Crippen LogP contribution in [0.3, 0.4) is 0 Å². The minimum atomic E-state index is -0.0936. The smallest absolute Gasteiger partial charge is 0.127 e. The van der Waals surface area contributed by atoms with Gasteiger partial charge in [-0.1, -0.05) is 25.7 Å². The van der Waals surface area contributed by atoms with Crippen molar-refractivity contribution in [3.8, 4) is 0 Å². The van der Waals surface area contributed by atoms with Gasteiger partial charge in [-0.25, -0.2) is 0 Å². The van der Waals surface area contributed by atoms with Crippen molar-refractivity contribution in [2.24, 2.45) is 5.41 Å². The van der Waals surface area contributed by atoms with Crippen molar-refractivity contribution >= 4 is 6.29 Å². The van der Waals surface area contributed by atoms with Crippen molar-refractivity contribution < 1.29 is 9.53 Å². The van der Waals surface area contributed by atoms with Crippen molar-refractivity contribution in [2.45, 2.75) is 71.0 Å². The summed E-state index contributed by atoms with van der Waals surface area (Å²) in [6, 6.07) is 0. The number of carbonyl (C=O) groups is 1. The van der Waals surface area contributed by atoms with Crippen molar-refractivity contribution in [1.82, 2.24) is 4.90 Å². The molecule has 0 radical (unpaired) electrons. The minimum Gasteiger partial charge on any atom is -0.370 e. The number of hydrogen-bond acceptors (Lipinski definition) is 3. The van der Waals surface area contributed by atoms with Crippen LogP contribution in [0.25, 0.3) is 0 Å². The van der Waals surface area contributed by atoms with Crippen molar-refractivity contribution in [2.75, 3.05) is 19.6 Å². The first-order chi connectivity index (χ1) is 8.95. The van der Waals surface area contributed by atoms with Crippen LogP contribution in [-0.2, 0) is 9.53 Å².